The lowest BCUT2D eigenvalue weighted by Crippen LogP contribution is -2.24. The topological polar surface area (TPSA) is 73.2 Å². The Balaban J connectivity index is 2.09. The fourth-order valence-electron chi connectivity index (χ4n) is 2.56. The van der Waals surface area contributed by atoms with Crippen molar-refractivity contribution in [2.24, 2.45) is 0 Å². The maximum Gasteiger partial charge on any atom is 0.374 e. The highest BCUT2D eigenvalue weighted by molar-refractivity contribution is 6.34. The first-order valence-corrected chi connectivity index (χ1v) is 8.02. The van der Waals surface area contributed by atoms with Gasteiger partial charge in [0.1, 0.15) is 0 Å². The van der Waals surface area contributed by atoms with Crippen LogP contribution < -0.4 is 5.32 Å². The summed E-state index contributed by atoms with van der Waals surface area (Å²) in [5.41, 5.74) is 1.69. The van der Waals surface area contributed by atoms with Crippen LogP contribution in [0.2, 0.25) is 5.02 Å². The Morgan fingerprint density at radius 1 is 1.43 bits per heavy atom. The van der Waals surface area contributed by atoms with Gasteiger partial charge in [-0.15, -0.1) is 0 Å². The molecule has 0 bridgehead atoms. The van der Waals surface area contributed by atoms with E-state index in [4.69, 9.17) is 16.3 Å². The zero-order valence-electron chi connectivity index (χ0n) is 13.1. The number of hydrogen-bond donors (Lipinski definition) is 1. The standard InChI is InChI=1S/C16H18ClN3O3/c1-3-6-18-15(21)10-7-12-13(8-11(10)17)20(9-4-5-9)14(19-12)16(22)23-2/h7-9H,3-6H2,1-2H3,(H,18,21). The minimum absolute atomic E-state index is 0.237. The van der Waals surface area contributed by atoms with Gasteiger partial charge in [-0.05, 0) is 31.4 Å². The number of nitrogens with zero attached hydrogens (tertiary/aromatic N) is 2. The van der Waals surface area contributed by atoms with Gasteiger partial charge in [-0.25, -0.2) is 9.78 Å². The van der Waals surface area contributed by atoms with E-state index in [1.54, 1.807) is 12.1 Å². The number of nitrogens with one attached hydrogen (secondary N) is 1. The molecule has 0 unspecified atom stereocenters. The number of amides is 1. The number of carbonyl (C=O) groups excluding carboxylic acids is 2. The molecule has 0 spiro atoms. The Kier molecular flexibility index (Phi) is 4.26. The van der Waals surface area contributed by atoms with Crippen molar-refractivity contribution in [3.05, 3.63) is 28.5 Å². The van der Waals surface area contributed by atoms with Gasteiger partial charge in [0.15, 0.2) is 0 Å². The van der Waals surface area contributed by atoms with Gasteiger partial charge in [-0.2, -0.15) is 0 Å². The van der Waals surface area contributed by atoms with Crippen LogP contribution in [0, 0.1) is 0 Å². The summed E-state index contributed by atoms with van der Waals surface area (Å²) < 4.78 is 6.67. The number of rotatable bonds is 5. The molecule has 122 valence electrons. The van der Waals surface area contributed by atoms with Crippen LogP contribution in [0.4, 0.5) is 0 Å². The SMILES string of the molecule is CCCNC(=O)c1cc2nc(C(=O)OC)n(C3CC3)c2cc1Cl. The molecule has 3 rings (SSSR count). The normalized spacial score (nSPS) is 14.0. The van der Waals surface area contributed by atoms with E-state index in [-0.39, 0.29) is 17.8 Å². The van der Waals surface area contributed by atoms with Gasteiger partial charge in [0.2, 0.25) is 5.82 Å². The fourth-order valence-corrected chi connectivity index (χ4v) is 2.81. The number of aromatic nitrogens is 2. The highest BCUT2D eigenvalue weighted by Crippen LogP contribution is 2.39. The third-order valence-corrected chi connectivity index (χ3v) is 4.15. The summed E-state index contributed by atoms with van der Waals surface area (Å²) in [6.07, 6.45) is 2.83. The molecule has 1 aromatic carbocycles. The van der Waals surface area contributed by atoms with Crippen molar-refractivity contribution in [3.63, 3.8) is 0 Å². The first-order chi connectivity index (χ1) is 11.1. The Hall–Kier alpha value is -2.08. The summed E-state index contributed by atoms with van der Waals surface area (Å²) in [6.45, 7) is 2.56. The maximum absolute atomic E-state index is 12.2. The van der Waals surface area contributed by atoms with Crippen molar-refractivity contribution in [1.82, 2.24) is 14.9 Å². The van der Waals surface area contributed by atoms with Crippen LogP contribution in [0.1, 0.15) is 53.2 Å². The van der Waals surface area contributed by atoms with E-state index in [9.17, 15) is 9.59 Å². The maximum atomic E-state index is 12.2. The number of ether oxygens (including phenoxy) is 1. The molecule has 0 radical (unpaired) electrons. The molecule has 0 atom stereocenters. The number of methoxy groups -OCH3 is 1. The van der Waals surface area contributed by atoms with E-state index in [1.807, 2.05) is 11.5 Å². The molecule has 6 nitrogen and oxygen atoms in total. The zero-order chi connectivity index (χ0) is 16.6. The Morgan fingerprint density at radius 3 is 2.78 bits per heavy atom. The van der Waals surface area contributed by atoms with Crippen molar-refractivity contribution in [2.45, 2.75) is 32.2 Å². The monoisotopic (exact) mass is 335 g/mol. The summed E-state index contributed by atoms with van der Waals surface area (Å²) in [4.78, 5) is 28.5. The van der Waals surface area contributed by atoms with E-state index >= 15 is 0 Å². The average Bonchev–Trinajstić information content (AvgIpc) is 3.32. The molecule has 7 heteroatoms. The minimum Gasteiger partial charge on any atom is -0.463 e. The molecule has 1 amide bonds. The molecule has 1 aromatic heterocycles. The number of benzene rings is 1. The third-order valence-electron chi connectivity index (χ3n) is 3.84. The van der Waals surface area contributed by atoms with E-state index in [2.05, 4.69) is 10.3 Å². The van der Waals surface area contributed by atoms with Crippen molar-refractivity contribution in [2.75, 3.05) is 13.7 Å². The van der Waals surface area contributed by atoms with Crippen LogP contribution in [-0.2, 0) is 4.74 Å². The number of hydrogen-bond acceptors (Lipinski definition) is 4. The molecular formula is C16H18ClN3O3. The molecule has 1 N–H and O–H groups in total. The quantitative estimate of drug-likeness (QED) is 0.852. The molecule has 1 saturated carbocycles. The van der Waals surface area contributed by atoms with E-state index in [0.29, 0.717) is 22.6 Å². The predicted octanol–water partition coefficient (Wildman–Crippen LogP) is 2.95. The van der Waals surface area contributed by atoms with Crippen molar-refractivity contribution in [3.8, 4) is 0 Å². The zero-order valence-corrected chi connectivity index (χ0v) is 13.8. The number of carbonyl (C=O) groups is 2. The summed E-state index contributed by atoms with van der Waals surface area (Å²) in [7, 11) is 1.33. The molecule has 1 heterocycles. The molecular weight excluding hydrogens is 318 g/mol. The Labute approximate surface area is 138 Å². The second-order valence-corrected chi connectivity index (χ2v) is 6.01. The van der Waals surface area contributed by atoms with Gasteiger partial charge in [0.05, 0.1) is 28.7 Å². The summed E-state index contributed by atoms with van der Waals surface area (Å²) in [5, 5.41) is 3.15. The van der Waals surface area contributed by atoms with E-state index in [0.717, 1.165) is 24.8 Å². The van der Waals surface area contributed by atoms with Gasteiger partial charge < -0.3 is 14.6 Å². The van der Waals surface area contributed by atoms with Gasteiger partial charge in [0, 0.05) is 12.6 Å². The lowest BCUT2D eigenvalue weighted by Gasteiger charge is -2.08. The molecule has 23 heavy (non-hydrogen) atoms. The Bertz CT molecular complexity index is 780. The summed E-state index contributed by atoms with van der Waals surface area (Å²) in [6, 6.07) is 3.58. The number of imidazole rings is 1. The predicted molar refractivity (Wildman–Crippen MR) is 87.0 cm³/mol. The third kappa shape index (κ3) is 2.91. The molecule has 0 aliphatic heterocycles. The minimum atomic E-state index is -0.485. The van der Waals surface area contributed by atoms with Crippen molar-refractivity contribution in [1.29, 1.82) is 0 Å². The van der Waals surface area contributed by atoms with Crippen molar-refractivity contribution < 1.29 is 14.3 Å². The number of halogens is 1. The number of fused-ring (bicyclic) bond motifs is 1. The van der Waals surface area contributed by atoms with Crippen LogP contribution in [0.15, 0.2) is 12.1 Å². The van der Waals surface area contributed by atoms with Crippen LogP contribution in [-0.4, -0.2) is 35.1 Å². The van der Waals surface area contributed by atoms with Crippen LogP contribution in [0.5, 0.6) is 0 Å². The second kappa shape index (κ2) is 6.20. The average molecular weight is 336 g/mol. The molecule has 0 saturated heterocycles. The molecule has 2 aromatic rings. The smallest absolute Gasteiger partial charge is 0.374 e. The van der Waals surface area contributed by atoms with Gasteiger partial charge in [-0.3, -0.25) is 4.79 Å². The van der Waals surface area contributed by atoms with Crippen LogP contribution in [0.25, 0.3) is 11.0 Å². The Morgan fingerprint density at radius 2 is 2.17 bits per heavy atom. The summed E-state index contributed by atoms with van der Waals surface area (Å²) in [5.74, 6) is -0.465. The molecule has 1 fully saturated rings. The van der Waals surface area contributed by atoms with Crippen LogP contribution >= 0.6 is 11.6 Å². The fraction of sp³-hybridized carbons (Fsp3) is 0.438. The van der Waals surface area contributed by atoms with Gasteiger partial charge in [-0.1, -0.05) is 18.5 Å². The van der Waals surface area contributed by atoms with Gasteiger partial charge in [0.25, 0.3) is 5.91 Å². The van der Waals surface area contributed by atoms with Crippen molar-refractivity contribution >= 4 is 34.5 Å². The van der Waals surface area contributed by atoms with Gasteiger partial charge >= 0.3 is 5.97 Å². The first-order valence-electron chi connectivity index (χ1n) is 7.64. The van der Waals surface area contributed by atoms with Crippen LogP contribution in [0.3, 0.4) is 0 Å². The second-order valence-electron chi connectivity index (χ2n) is 5.60. The highest BCUT2D eigenvalue weighted by atomic mass is 35.5. The number of esters is 1. The largest absolute Gasteiger partial charge is 0.463 e. The lowest BCUT2D eigenvalue weighted by molar-refractivity contribution is 0.0581. The highest BCUT2D eigenvalue weighted by Gasteiger charge is 2.31. The summed E-state index contributed by atoms with van der Waals surface area (Å²) >= 11 is 6.28. The lowest BCUT2D eigenvalue weighted by atomic mass is 10.2. The molecule has 1 aliphatic carbocycles. The molecule has 1 aliphatic rings. The first kappa shape index (κ1) is 15.8. The van der Waals surface area contributed by atoms with E-state index in [1.165, 1.54) is 7.11 Å². The van der Waals surface area contributed by atoms with E-state index < -0.39 is 5.97 Å².